The first-order valence-electron chi connectivity index (χ1n) is 6.19. The van der Waals surface area contributed by atoms with Crippen molar-refractivity contribution in [2.45, 2.75) is 26.3 Å². The van der Waals surface area contributed by atoms with Gasteiger partial charge in [-0.2, -0.15) is 0 Å². The van der Waals surface area contributed by atoms with Crippen molar-refractivity contribution >= 4 is 17.3 Å². The van der Waals surface area contributed by atoms with Gasteiger partial charge in [-0.25, -0.2) is 4.79 Å². The summed E-state index contributed by atoms with van der Waals surface area (Å²) in [6, 6.07) is 2.76. The fraction of sp³-hybridized carbons (Fsp3) is 0.462. The molecule has 1 atom stereocenters. The first kappa shape index (κ1) is 15.9. The van der Waals surface area contributed by atoms with Crippen LogP contribution in [0.15, 0.2) is 12.1 Å². The Morgan fingerprint density at radius 2 is 2.20 bits per heavy atom. The van der Waals surface area contributed by atoms with Gasteiger partial charge in [0.15, 0.2) is 0 Å². The summed E-state index contributed by atoms with van der Waals surface area (Å²) in [4.78, 5) is 22.1. The third-order valence-corrected chi connectivity index (χ3v) is 2.97. The topological polar surface area (TPSA) is 102 Å². The van der Waals surface area contributed by atoms with Gasteiger partial charge in [0.2, 0.25) is 0 Å². The van der Waals surface area contributed by atoms with E-state index in [0.29, 0.717) is 17.7 Å². The van der Waals surface area contributed by atoms with Crippen LogP contribution in [0, 0.1) is 17.0 Å². The van der Waals surface area contributed by atoms with Crippen molar-refractivity contribution in [3.63, 3.8) is 0 Å². The van der Waals surface area contributed by atoms with Crippen LogP contribution >= 0.6 is 0 Å². The number of carbonyl (C=O) groups excluding carboxylic acids is 1. The zero-order valence-corrected chi connectivity index (χ0v) is 11.7. The van der Waals surface area contributed by atoms with Crippen molar-refractivity contribution in [1.82, 2.24) is 0 Å². The first-order valence-corrected chi connectivity index (χ1v) is 6.19. The van der Waals surface area contributed by atoms with E-state index in [2.05, 4.69) is 10.1 Å². The van der Waals surface area contributed by atoms with E-state index in [-0.39, 0.29) is 23.9 Å². The monoisotopic (exact) mass is 282 g/mol. The number of nitro benzene ring substituents is 1. The normalized spacial score (nSPS) is 11.8. The van der Waals surface area contributed by atoms with E-state index in [4.69, 9.17) is 5.11 Å². The SMILES string of the molecule is CC[C@H](CO)Nc1cc(C)c([N+](=O)[O-])c(C(=O)OC)c1. The Labute approximate surface area is 116 Å². The quantitative estimate of drug-likeness (QED) is 0.469. The van der Waals surface area contributed by atoms with Crippen LogP contribution < -0.4 is 5.32 Å². The fourth-order valence-corrected chi connectivity index (χ4v) is 1.88. The third kappa shape index (κ3) is 3.45. The number of hydrogen-bond acceptors (Lipinski definition) is 6. The molecule has 0 fully saturated rings. The van der Waals surface area contributed by atoms with Gasteiger partial charge in [-0.05, 0) is 25.5 Å². The third-order valence-electron chi connectivity index (χ3n) is 2.97. The minimum Gasteiger partial charge on any atom is -0.465 e. The first-order chi connectivity index (χ1) is 9.44. The van der Waals surface area contributed by atoms with Crippen LogP contribution in [0.1, 0.15) is 29.3 Å². The maximum absolute atomic E-state index is 11.7. The molecule has 0 radical (unpaired) electrons. The van der Waals surface area contributed by atoms with Crippen LogP contribution in [0.4, 0.5) is 11.4 Å². The highest BCUT2D eigenvalue weighted by Gasteiger charge is 2.25. The second kappa shape index (κ2) is 6.85. The van der Waals surface area contributed by atoms with Crippen LogP contribution in [-0.2, 0) is 4.74 Å². The maximum atomic E-state index is 11.7. The van der Waals surface area contributed by atoms with Gasteiger partial charge in [0.25, 0.3) is 5.69 Å². The molecule has 0 unspecified atom stereocenters. The number of nitrogens with one attached hydrogen (secondary N) is 1. The Morgan fingerprint density at radius 1 is 1.55 bits per heavy atom. The summed E-state index contributed by atoms with van der Waals surface area (Å²) in [5.74, 6) is -0.763. The van der Waals surface area contributed by atoms with E-state index in [1.54, 1.807) is 13.0 Å². The molecule has 7 nitrogen and oxygen atoms in total. The lowest BCUT2D eigenvalue weighted by atomic mass is 10.1. The van der Waals surface area contributed by atoms with E-state index in [0.717, 1.165) is 0 Å². The Hall–Kier alpha value is -2.15. The minimum absolute atomic E-state index is 0.0694. The molecule has 0 aliphatic carbocycles. The Morgan fingerprint density at radius 3 is 2.65 bits per heavy atom. The highest BCUT2D eigenvalue weighted by atomic mass is 16.6. The summed E-state index contributed by atoms with van der Waals surface area (Å²) in [6.07, 6.45) is 0.681. The summed E-state index contributed by atoms with van der Waals surface area (Å²) < 4.78 is 4.57. The van der Waals surface area contributed by atoms with Crippen molar-refractivity contribution in [3.05, 3.63) is 33.4 Å². The van der Waals surface area contributed by atoms with E-state index < -0.39 is 10.9 Å². The molecule has 0 amide bonds. The van der Waals surface area contributed by atoms with Crippen molar-refractivity contribution < 1.29 is 19.6 Å². The molecule has 1 aromatic rings. The Bertz CT molecular complexity index is 512. The second-order valence-corrected chi connectivity index (χ2v) is 4.37. The lowest BCUT2D eigenvalue weighted by Gasteiger charge is -2.16. The van der Waals surface area contributed by atoms with Crippen LogP contribution in [-0.4, -0.2) is 35.8 Å². The van der Waals surface area contributed by atoms with Gasteiger partial charge in [-0.1, -0.05) is 6.92 Å². The van der Waals surface area contributed by atoms with E-state index >= 15 is 0 Å². The average Bonchev–Trinajstić information content (AvgIpc) is 2.42. The zero-order valence-electron chi connectivity index (χ0n) is 11.7. The number of nitro groups is 1. The fourth-order valence-electron chi connectivity index (χ4n) is 1.88. The summed E-state index contributed by atoms with van der Waals surface area (Å²) in [5, 5.41) is 23.2. The lowest BCUT2D eigenvalue weighted by molar-refractivity contribution is -0.385. The maximum Gasteiger partial charge on any atom is 0.344 e. The Balaban J connectivity index is 3.28. The molecule has 0 bridgehead atoms. The van der Waals surface area contributed by atoms with Crippen LogP contribution in [0.2, 0.25) is 0 Å². The molecule has 110 valence electrons. The average molecular weight is 282 g/mol. The second-order valence-electron chi connectivity index (χ2n) is 4.37. The molecular weight excluding hydrogens is 264 g/mol. The number of aliphatic hydroxyl groups is 1. The zero-order chi connectivity index (χ0) is 15.3. The number of benzene rings is 1. The van der Waals surface area contributed by atoms with Gasteiger partial charge < -0.3 is 15.2 Å². The number of methoxy groups -OCH3 is 1. The van der Waals surface area contributed by atoms with Gasteiger partial charge in [0.1, 0.15) is 5.56 Å². The molecule has 2 N–H and O–H groups in total. The number of hydrogen-bond donors (Lipinski definition) is 2. The van der Waals surface area contributed by atoms with Crippen LogP contribution in [0.5, 0.6) is 0 Å². The number of esters is 1. The van der Waals surface area contributed by atoms with Gasteiger partial charge in [-0.3, -0.25) is 10.1 Å². The molecule has 7 heteroatoms. The smallest absolute Gasteiger partial charge is 0.344 e. The number of nitrogens with zero attached hydrogens (tertiary/aromatic N) is 1. The molecule has 0 saturated heterocycles. The predicted molar refractivity (Wildman–Crippen MR) is 74.0 cm³/mol. The number of carbonyl (C=O) groups is 1. The van der Waals surface area contributed by atoms with E-state index in [1.807, 2.05) is 6.92 Å². The Kier molecular flexibility index (Phi) is 5.45. The van der Waals surface area contributed by atoms with Crippen molar-refractivity contribution in [3.8, 4) is 0 Å². The standard InChI is InChI=1S/C13H18N2O5/c1-4-9(7-16)14-10-5-8(2)12(15(18)19)11(6-10)13(17)20-3/h5-6,9,14,16H,4,7H2,1-3H3/t9-/m1/s1. The van der Waals surface area contributed by atoms with Crippen molar-refractivity contribution in [2.24, 2.45) is 0 Å². The number of aliphatic hydroxyl groups excluding tert-OH is 1. The summed E-state index contributed by atoms with van der Waals surface area (Å²) >= 11 is 0. The van der Waals surface area contributed by atoms with Gasteiger partial charge in [-0.15, -0.1) is 0 Å². The highest BCUT2D eigenvalue weighted by Crippen LogP contribution is 2.28. The van der Waals surface area contributed by atoms with Gasteiger partial charge >= 0.3 is 5.97 Å². The molecule has 1 rings (SSSR count). The van der Waals surface area contributed by atoms with Crippen LogP contribution in [0.3, 0.4) is 0 Å². The molecule has 20 heavy (non-hydrogen) atoms. The predicted octanol–water partition coefficient (Wildman–Crippen LogP) is 1.87. The summed E-state index contributed by atoms with van der Waals surface area (Å²) in [7, 11) is 1.17. The molecule has 0 aromatic heterocycles. The highest BCUT2D eigenvalue weighted by molar-refractivity contribution is 5.95. The van der Waals surface area contributed by atoms with Crippen molar-refractivity contribution in [2.75, 3.05) is 19.0 Å². The molecule has 1 aromatic carbocycles. The molecule has 0 aliphatic rings. The number of aryl methyl sites for hydroxylation is 1. The van der Waals surface area contributed by atoms with Gasteiger partial charge in [0, 0.05) is 17.3 Å². The number of ether oxygens (including phenoxy) is 1. The van der Waals surface area contributed by atoms with E-state index in [9.17, 15) is 14.9 Å². The summed E-state index contributed by atoms with van der Waals surface area (Å²) in [6.45, 7) is 3.38. The van der Waals surface area contributed by atoms with Crippen molar-refractivity contribution in [1.29, 1.82) is 0 Å². The van der Waals surface area contributed by atoms with Gasteiger partial charge in [0.05, 0.1) is 18.6 Å². The molecule has 0 aliphatic heterocycles. The molecule has 0 spiro atoms. The molecular formula is C13H18N2O5. The number of rotatable bonds is 6. The lowest BCUT2D eigenvalue weighted by Crippen LogP contribution is -2.23. The van der Waals surface area contributed by atoms with E-state index in [1.165, 1.54) is 13.2 Å². The number of anilines is 1. The largest absolute Gasteiger partial charge is 0.465 e. The molecule has 0 saturated carbocycles. The van der Waals surface area contributed by atoms with Crippen LogP contribution in [0.25, 0.3) is 0 Å². The minimum atomic E-state index is -0.763. The summed E-state index contributed by atoms with van der Waals surface area (Å²) in [5.41, 5.74) is 0.523. The molecule has 0 heterocycles.